The van der Waals surface area contributed by atoms with Gasteiger partial charge in [-0.05, 0) is 19.3 Å². The summed E-state index contributed by atoms with van der Waals surface area (Å²) >= 11 is 0. The third kappa shape index (κ3) is 4.00. The molecule has 0 radical (unpaired) electrons. The lowest BCUT2D eigenvalue weighted by molar-refractivity contribution is -0.137. The number of rotatable bonds is 5. The minimum Gasteiger partial charge on any atom is -0.391 e. The number of aliphatic hydroxyl groups excluding tert-OH is 1. The van der Waals surface area contributed by atoms with Gasteiger partial charge in [0.1, 0.15) is 6.04 Å². The van der Waals surface area contributed by atoms with Gasteiger partial charge in [-0.25, -0.2) is 0 Å². The van der Waals surface area contributed by atoms with Gasteiger partial charge in [0, 0.05) is 20.0 Å². The summed E-state index contributed by atoms with van der Waals surface area (Å²) < 4.78 is 0. The van der Waals surface area contributed by atoms with Gasteiger partial charge in [-0.1, -0.05) is 13.3 Å². The summed E-state index contributed by atoms with van der Waals surface area (Å²) in [7, 11) is 0. The van der Waals surface area contributed by atoms with E-state index in [-0.39, 0.29) is 24.4 Å². The Morgan fingerprint density at radius 1 is 1.53 bits per heavy atom. The molecule has 98 valence electrons. The first kappa shape index (κ1) is 14.0. The van der Waals surface area contributed by atoms with Crippen molar-refractivity contribution in [3.63, 3.8) is 0 Å². The Morgan fingerprint density at radius 2 is 2.24 bits per heavy atom. The summed E-state index contributed by atoms with van der Waals surface area (Å²) in [6.07, 6.45) is 2.67. The largest absolute Gasteiger partial charge is 0.391 e. The summed E-state index contributed by atoms with van der Waals surface area (Å²) in [6.45, 7) is 4.40. The van der Waals surface area contributed by atoms with E-state index in [9.17, 15) is 14.7 Å². The number of carbonyl (C=O) groups excluding carboxylic acids is 2. The van der Waals surface area contributed by atoms with Crippen LogP contribution >= 0.6 is 0 Å². The summed E-state index contributed by atoms with van der Waals surface area (Å²) in [6, 6.07) is -0.346. The summed E-state index contributed by atoms with van der Waals surface area (Å²) in [5.74, 6) is -0.204. The van der Waals surface area contributed by atoms with E-state index in [2.05, 4.69) is 5.32 Å². The lowest BCUT2D eigenvalue weighted by Crippen LogP contribution is -2.46. The van der Waals surface area contributed by atoms with Gasteiger partial charge in [-0.2, -0.15) is 0 Å². The van der Waals surface area contributed by atoms with Gasteiger partial charge in [-0.15, -0.1) is 0 Å². The number of likely N-dealkylation sites (tertiary alicyclic amines) is 1. The molecule has 1 fully saturated rings. The normalized spacial score (nSPS) is 21.4. The van der Waals surface area contributed by atoms with Crippen LogP contribution in [0.1, 0.15) is 39.5 Å². The van der Waals surface area contributed by atoms with Crippen LogP contribution in [0.3, 0.4) is 0 Å². The van der Waals surface area contributed by atoms with Gasteiger partial charge < -0.3 is 15.3 Å². The number of amides is 2. The average Bonchev–Trinajstić information content (AvgIpc) is 2.75. The molecule has 17 heavy (non-hydrogen) atoms. The summed E-state index contributed by atoms with van der Waals surface area (Å²) in [5.41, 5.74) is 0. The second-order valence-corrected chi connectivity index (χ2v) is 4.56. The minimum absolute atomic E-state index is 0.0586. The molecule has 2 N–H and O–H groups in total. The molecule has 0 bridgehead atoms. The smallest absolute Gasteiger partial charge is 0.242 e. The minimum atomic E-state index is -0.490. The van der Waals surface area contributed by atoms with E-state index >= 15 is 0 Å². The molecule has 0 aromatic carbocycles. The Morgan fingerprint density at radius 3 is 2.82 bits per heavy atom. The van der Waals surface area contributed by atoms with E-state index in [0.717, 1.165) is 19.3 Å². The van der Waals surface area contributed by atoms with Crippen molar-refractivity contribution in [2.75, 3.05) is 13.1 Å². The maximum absolute atomic E-state index is 11.9. The van der Waals surface area contributed by atoms with Crippen LogP contribution in [0.5, 0.6) is 0 Å². The molecule has 0 aromatic heterocycles. The standard InChI is InChI=1S/C12H22N2O3/c1-3-5-10(16)8-13-12(17)11-6-4-7-14(11)9(2)15/h10-11,16H,3-8H2,1-2H3,(H,13,17)/t10?,11-/m0/s1. The number of hydrogen-bond acceptors (Lipinski definition) is 3. The van der Waals surface area contributed by atoms with Crippen molar-refractivity contribution < 1.29 is 14.7 Å². The third-order valence-corrected chi connectivity index (χ3v) is 3.09. The van der Waals surface area contributed by atoms with Crippen LogP contribution in [0.4, 0.5) is 0 Å². The number of aliphatic hydroxyl groups is 1. The van der Waals surface area contributed by atoms with E-state index in [1.54, 1.807) is 4.90 Å². The number of nitrogens with one attached hydrogen (secondary N) is 1. The Hall–Kier alpha value is -1.10. The lowest BCUT2D eigenvalue weighted by atomic mass is 10.2. The van der Waals surface area contributed by atoms with Crippen molar-refractivity contribution in [3.8, 4) is 0 Å². The second kappa shape index (κ2) is 6.59. The molecule has 0 spiro atoms. The Labute approximate surface area is 102 Å². The Balaban J connectivity index is 2.39. The van der Waals surface area contributed by atoms with Gasteiger partial charge in [-0.3, -0.25) is 9.59 Å². The van der Waals surface area contributed by atoms with E-state index < -0.39 is 6.10 Å². The fourth-order valence-electron chi connectivity index (χ4n) is 2.19. The number of carbonyl (C=O) groups is 2. The highest BCUT2D eigenvalue weighted by Gasteiger charge is 2.32. The van der Waals surface area contributed by atoms with Crippen LogP contribution in [-0.4, -0.2) is 47.1 Å². The molecule has 1 aliphatic rings. The maximum Gasteiger partial charge on any atom is 0.242 e. The van der Waals surface area contributed by atoms with Crippen LogP contribution in [0.25, 0.3) is 0 Å². The van der Waals surface area contributed by atoms with Gasteiger partial charge in [0.15, 0.2) is 0 Å². The highest BCUT2D eigenvalue weighted by atomic mass is 16.3. The highest BCUT2D eigenvalue weighted by Crippen LogP contribution is 2.17. The van der Waals surface area contributed by atoms with Crippen molar-refractivity contribution in [2.45, 2.75) is 51.7 Å². The first-order chi connectivity index (χ1) is 8.06. The number of hydrogen-bond donors (Lipinski definition) is 2. The van der Waals surface area contributed by atoms with Crippen LogP contribution in [0, 0.1) is 0 Å². The predicted octanol–water partition coefficient (Wildman–Crippen LogP) is 0.274. The molecule has 0 saturated carbocycles. The quantitative estimate of drug-likeness (QED) is 0.727. The summed E-state index contributed by atoms with van der Waals surface area (Å²) in [4.78, 5) is 24.7. The highest BCUT2D eigenvalue weighted by molar-refractivity contribution is 5.87. The van der Waals surface area contributed by atoms with E-state index in [1.807, 2.05) is 6.92 Å². The topological polar surface area (TPSA) is 69.6 Å². The van der Waals surface area contributed by atoms with Gasteiger partial charge in [0.05, 0.1) is 6.10 Å². The van der Waals surface area contributed by atoms with Crippen LogP contribution in [0.15, 0.2) is 0 Å². The molecular weight excluding hydrogens is 220 g/mol. The lowest BCUT2D eigenvalue weighted by Gasteiger charge is -2.23. The molecule has 1 aliphatic heterocycles. The molecule has 1 rings (SSSR count). The first-order valence-electron chi connectivity index (χ1n) is 6.29. The van der Waals surface area contributed by atoms with Crippen LogP contribution in [-0.2, 0) is 9.59 Å². The Kier molecular flexibility index (Phi) is 5.41. The molecule has 5 heteroatoms. The molecule has 5 nitrogen and oxygen atoms in total. The molecular formula is C12H22N2O3. The van der Waals surface area contributed by atoms with Crippen molar-refractivity contribution in [1.82, 2.24) is 10.2 Å². The third-order valence-electron chi connectivity index (χ3n) is 3.09. The molecule has 1 saturated heterocycles. The van der Waals surface area contributed by atoms with Crippen LogP contribution in [0.2, 0.25) is 0 Å². The zero-order valence-electron chi connectivity index (χ0n) is 10.6. The van der Waals surface area contributed by atoms with Crippen molar-refractivity contribution in [2.24, 2.45) is 0 Å². The first-order valence-corrected chi connectivity index (χ1v) is 6.29. The van der Waals surface area contributed by atoms with E-state index in [0.29, 0.717) is 13.0 Å². The molecule has 0 aromatic rings. The fraction of sp³-hybridized carbons (Fsp3) is 0.833. The summed E-state index contributed by atoms with van der Waals surface area (Å²) in [5, 5.41) is 12.2. The SMILES string of the molecule is CCCC(O)CNC(=O)[C@@H]1CCCN1C(C)=O. The molecule has 2 atom stereocenters. The zero-order valence-corrected chi connectivity index (χ0v) is 10.6. The van der Waals surface area contributed by atoms with Crippen molar-refractivity contribution >= 4 is 11.8 Å². The van der Waals surface area contributed by atoms with Gasteiger partial charge in [0.2, 0.25) is 11.8 Å². The number of nitrogens with zero attached hydrogens (tertiary/aromatic N) is 1. The van der Waals surface area contributed by atoms with Crippen molar-refractivity contribution in [3.05, 3.63) is 0 Å². The predicted molar refractivity (Wildman–Crippen MR) is 64.3 cm³/mol. The maximum atomic E-state index is 11.9. The van der Waals surface area contributed by atoms with E-state index in [1.165, 1.54) is 6.92 Å². The van der Waals surface area contributed by atoms with Gasteiger partial charge >= 0.3 is 0 Å². The molecule has 1 heterocycles. The van der Waals surface area contributed by atoms with Crippen molar-refractivity contribution in [1.29, 1.82) is 0 Å². The van der Waals surface area contributed by atoms with Crippen LogP contribution < -0.4 is 5.32 Å². The van der Waals surface area contributed by atoms with Gasteiger partial charge in [0.25, 0.3) is 0 Å². The molecule has 2 amide bonds. The molecule has 0 aliphatic carbocycles. The molecule has 1 unspecified atom stereocenters. The zero-order chi connectivity index (χ0) is 12.8. The second-order valence-electron chi connectivity index (χ2n) is 4.56. The van der Waals surface area contributed by atoms with E-state index in [4.69, 9.17) is 0 Å². The fourth-order valence-corrected chi connectivity index (χ4v) is 2.19. The average molecular weight is 242 g/mol. The monoisotopic (exact) mass is 242 g/mol. The Bertz CT molecular complexity index is 281.